The average Bonchev–Trinajstić information content (AvgIpc) is 2.78. The zero-order chi connectivity index (χ0) is 10.9. The molecule has 2 rings (SSSR count). The number of aromatic nitrogens is 3. The van der Waals surface area contributed by atoms with Gasteiger partial charge in [0.2, 0.25) is 0 Å². The number of rotatable bonds is 4. The molecule has 1 aliphatic carbocycles. The van der Waals surface area contributed by atoms with Crippen LogP contribution in [0.3, 0.4) is 0 Å². The van der Waals surface area contributed by atoms with Gasteiger partial charge in [0.25, 0.3) is 5.91 Å². The van der Waals surface area contributed by atoms with Crippen LogP contribution in [-0.4, -0.2) is 27.2 Å². The molecule has 0 radical (unpaired) electrons. The fourth-order valence-corrected chi connectivity index (χ4v) is 1.43. The molecule has 0 atom stereocenters. The van der Waals surface area contributed by atoms with E-state index in [0.717, 1.165) is 12.8 Å². The van der Waals surface area contributed by atoms with E-state index in [9.17, 15) is 9.18 Å². The van der Waals surface area contributed by atoms with Gasteiger partial charge in [-0.15, -0.1) is 0 Å². The summed E-state index contributed by atoms with van der Waals surface area (Å²) in [5.41, 5.74) is -0.207. The topological polar surface area (TPSA) is 59.8 Å². The van der Waals surface area contributed by atoms with Crippen LogP contribution in [0.15, 0.2) is 25.1 Å². The normalized spacial score (nSPS) is 17.1. The summed E-state index contributed by atoms with van der Waals surface area (Å²) in [5.74, 6) is -1.73. The van der Waals surface area contributed by atoms with E-state index in [0.29, 0.717) is 6.54 Å². The zero-order valence-electron chi connectivity index (χ0n) is 8.11. The number of carbonyl (C=O) groups excluding carboxylic acids is 1. The minimum Gasteiger partial charge on any atom is -0.348 e. The number of nitrogens with zero attached hydrogens (tertiary/aromatic N) is 3. The van der Waals surface area contributed by atoms with Crippen molar-refractivity contribution in [1.29, 1.82) is 0 Å². The molecule has 1 heterocycles. The Morgan fingerprint density at radius 3 is 2.87 bits per heavy atom. The molecular formula is C9H11FN4O. The molecule has 0 saturated heterocycles. The van der Waals surface area contributed by atoms with Crippen LogP contribution in [-0.2, 0) is 10.3 Å². The summed E-state index contributed by atoms with van der Waals surface area (Å²) in [6, 6.07) is 0. The van der Waals surface area contributed by atoms with Crippen LogP contribution in [0.4, 0.5) is 4.39 Å². The first-order valence-electron chi connectivity index (χ1n) is 4.62. The van der Waals surface area contributed by atoms with Crippen molar-refractivity contribution in [2.24, 2.45) is 0 Å². The average molecular weight is 210 g/mol. The van der Waals surface area contributed by atoms with E-state index >= 15 is 0 Å². The summed E-state index contributed by atoms with van der Waals surface area (Å²) in [6.45, 7) is 3.28. The number of amides is 1. The monoisotopic (exact) mass is 210 g/mol. The molecule has 1 aliphatic rings. The third-order valence-corrected chi connectivity index (χ3v) is 2.56. The quantitative estimate of drug-likeness (QED) is 0.730. The largest absolute Gasteiger partial charge is 0.348 e. The van der Waals surface area contributed by atoms with Crippen molar-refractivity contribution in [2.45, 2.75) is 18.4 Å². The predicted octanol–water partition coefficient (Wildman–Crippen LogP) is 0.367. The molecule has 1 amide bonds. The van der Waals surface area contributed by atoms with E-state index in [1.807, 2.05) is 0 Å². The molecule has 80 valence electrons. The Morgan fingerprint density at radius 2 is 2.40 bits per heavy atom. The van der Waals surface area contributed by atoms with E-state index in [1.165, 1.54) is 6.33 Å². The summed E-state index contributed by atoms with van der Waals surface area (Å²) >= 11 is 0. The van der Waals surface area contributed by atoms with Gasteiger partial charge < -0.3 is 5.32 Å². The maximum Gasteiger partial charge on any atom is 0.279 e. The fourth-order valence-electron chi connectivity index (χ4n) is 1.43. The number of hydrogen-bond donors (Lipinski definition) is 1. The highest BCUT2D eigenvalue weighted by Crippen LogP contribution is 2.41. The van der Waals surface area contributed by atoms with Crippen LogP contribution in [0.1, 0.15) is 12.8 Å². The van der Waals surface area contributed by atoms with Gasteiger partial charge in [-0.3, -0.25) is 4.79 Å². The lowest BCUT2D eigenvalue weighted by Gasteiger charge is -2.15. The van der Waals surface area contributed by atoms with Crippen molar-refractivity contribution in [3.8, 4) is 0 Å². The Labute approximate surface area is 86.0 Å². The number of halogens is 1. The Balaban J connectivity index is 1.95. The van der Waals surface area contributed by atoms with Gasteiger partial charge in [-0.2, -0.15) is 5.10 Å². The maximum absolute atomic E-state index is 12.4. The molecule has 0 spiro atoms. The van der Waals surface area contributed by atoms with Crippen LogP contribution < -0.4 is 5.32 Å². The van der Waals surface area contributed by atoms with Crippen molar-refractivity contribution >= 4 is 5.91 Å². The lowest BCUT2D eigenvalue weighted by molar-refractivity contribution is -0.119. The predicted molar refractivity (Wildman–Crippen MR) is 50.5 cm³/mol. The van der Waals surface area contributed by atoms with Gasteiger partial charge in [-0.25, -0.2) is 14.1 Å². The molecule has 0 aliphatic heterocycles. The standard InChI is InChI=1S/C9H11FN4O/c1-7(10)8(15)12-4-9(2-3-9)14-6-11-5-13-14/h5-6H,1-4H2,(H,12,15). The van der Waals surface area contributed by atoms with Gasteiger partial charge in [-0.05, 0) is 12.8 Å². The summed E-state index contributed by atoms with van der Waals surface area (Å²) < 4.78 is 14.1. The lowest BCUT2D eigenvalue weighted by Crippen LogP contribution is -2.35. The van der Waals surface area contributed by atoms with Crippen LogP contribution in [0.5, 0.6) is 0 Å². The SMILES string of the molecule is C=C(F)C(=O)NCC1(n2cncn2)CC1. The third kappa shape index (κ3) is 1.88. The van der Waals surface area contributed by atoms with E-state index in [4.69, 9.17) is 0 Å². The minimum absolute atomic E-state index is 0.207. The van der Waals surface area contributed by atoms with Gasteiger partial charge in [0.1, 0.15) is 12.7 Å². The lowest BCUT2D eigenvalue weighted by atomic mass is 10.3. The van der Waals surface area contributed by atoms with Gasteiger partial charge in [0, 0.05) is 6.54 Å². The highest BCUT2D eigenvalue weighted by atomic mass is 19.1. The second-order valence-electron chi connectivity index (χ2n) is 3.65. The van der Waals surface area contributed by atoms with E-state index in [-0.39, 0.29) is 5.54 Å². The molecule has 5 nitrogen and oxygen atoms in total. The first kappa shape index (κ1) is 9.82. The van der Waals surface area contributed by atoms with Crippen molar-refractivity contribution in [2.75, 3.05) is 6.54 Å². The first-order chi connectivity index (χ1) is 7.14. The molecule has 0 bridgehead atoms. The van der Waals surface area contributed by atoms with E-state index in [2.05, 4.69) is 22.0 Å². The molecule has 15 heavy (non-hydrogen) atoms. The van der Waals surface area contributed by atoms with E-state index < -0.39 is 11.7 Å². The summed E-state index contributed by atoms with van der Waals surface area (Å²) in [7, 11) is 0. The molecule has 1 N–H and O–H groups in total. The summed E-state index contributed by atoms with van der Waals surface area (Å²) in [4.78, 5) is 14.8. The number of hydrogen-bond acceptors (Lipinski definition) is 3. The molecule has 0 aromatic carbocycles. The van der Waals surface area contributed by atoms with Gasteiger partial charge >= 0.3 is 0 Å². The van der Waals surface area contributed by atoms with E-state index in [1.54, 1.807) is 11.0 Å². The number of carbonyl (C=O) groups is 1. The van der Waals surface area contributed by atoms with Crippen molar-refractivity contribution in [3.05, 3.63) is 25.1 Å². The Morgan fingerprint density at radius 1 is 1.67 bits per heavy atom. The Hall–Kier alpha value is -1.72. The van der Waals surface area contributed by atoms with Crippen molar-refractivity contribution < 1.29 is 9.18 Å². The van der Waals surface area contributed by atoms with Crippen molar-refractivity contribution in [3.63, 3.8) is 0 Å². The first-order valence-corrected chi connectivity index (χ1v) is 4.62. The smallest absolute Gasteiger partial charge is 0.279 e. The minimum atomic E-state index is -0.968. The summed E-state index contributed by atoms with van der Waals surface area (Å²) in [6.07, 6.45) is 4.87. The molecule has 0 unspecified atom stereocenters. The molecule has 1 aromatic rings. The fraction of sp³-hybridized carbons (Fsp3) is 0.444. The molecule has 1 fully saturated rings. The van der Waals surface area contributed by atoms with Crippen LogP contribution in [0.2, 0.25) is 0 Å². The maximum atomic E-state index is 12.4. The van der Waals surface area contributed by atoms with Gasteiger partial charge in [-0.1, -0.05) is 6.58 Å². The summed E-state index contributed by atoms with van der Waals surface area (Å²) in [5, 5.41) is 6.48. The van der Waals surface area contributed by atoms with Gasteiger partial charge in [0.05, 0.1) is 5.54 Å². The molecule has 1 saturated carbocycles. The second-order valence-corrected chi connectivity index (χ2v) is 3.65. The van der Waals surface area contributed by atoms with Crippen LogP contribution in [0, 0.1) is 0 Å². The second kappa shape index (κ2) is 3.45. The van der Waals surface area contributed by atoms with Crippen molar-refractivity contribution in [1.82, 2.24) is 20.1 Å². The molecule has 6 heteroatoms. The van der Waals surface area contributed by atoms with Crippen LogP contribution >= 0.6 is 0 Å². The Bertz CT molecular complexity index is 383. The Kier molecular flexibility index (Phi) is 2.26. The van der Waals surface area contributed by atoms with Crippen LogP contribution in [0.25, 0.3) is 0 Å². The number of nitrogens with one attached hydrogen (secondary N) is 1. The molecular weight excluding hydrogens is 199 g/mol. The zero-order valence-corrected chi connectivity index (χ0v) is 8.11. The molecule has 1 aromatic heterocycles. The highest BCUT2D eigenvalue weighted by molar-refractivity contribution is 5.90. The third-order valence-electron chi connectivity index (χ3n) is 2.56. The van der Waals surface area contributed by atoms with Gasteiger partial charge in [0.15, 0.2) is 5.83 Å². The highest BCUT2D eigenvalue weighted by Gasteiger charge is 2.45.